The zero-order chi connectivity index (χ0) is 18.1. The van der Waals surface area contributed by atoms with Crippen molar-refractivity contribution in [2.45, 2.75) is 41.4 Å². The molecule has 0 bridgehead atoms. The van der Waals surface area contributed by atoms with E-state index in [1.165, 1.54) is 24.3 Å². The molecule has 0 saturated carbocycles. The summed E-state index contributed by atoms with van der Waals surface area (Å²) in [6.45, 7) is 2.09. The van der Waals surface area contributed by atoms with E-state index < -0.39 is 25.2 Å². The first-order chi connectivity index (χ1) is 11.8. The average molecular weight is 380 g/mol. The third-order valence-electron chi connectivity index (χ3n) is 4.46. The van der Waals surface area contributed by atoms with E-state index in [9.17, 15) is 16.8 Å². The fourth-order valence-corrected chi connectivity index (χ4v) is 7.03. The summed E-state index contributed by atoms with van der Waals surface area (Å²) in [7, 11) is -7.63. The topological polar surface area (TPSA) is 71.5 Å². The molecule has 5 nitrogen and oxygen atoms in total. The highest BCUT2D eigenvalue weighted by Gasteiger charge is 2.41. The van der Waals surface area contributed by atoms with Gasteiger partial charge in [-0.15, -0.1) is 0 Å². The van der Waals surface area contributed by atoms with Crippen molar-refractivity contribution >= 4 is 19.9 Å². The van der Waals surface area contributed by atoms with Gasteiger partial charge in [0.1, 0.15) is 5.37 Å². The first-order valence-electron chi connectivity index (χ1n) is 8.21. The minimum Gasteiger partial charge on any atom is -0.222 e. The van der Waals surface area contributed by atoms with Crippen molar-refractivity contribution in [3.63, 3.8) is 0 Å². The van der Waals surface area contributed by atoms with Crippen LogP contribution in [0.3, 0.4) is 0 Å². The van der Waals surface area contributed by atoms with Gasteiger partial charge in [0, 0.05) is 6.54 Å². The van der Waals surface area contributed by atoms with Crippen molar-refractivity contribution < 1.29 is 16.8 Å². The Kier molecular flexibility index (Phi) is 4.99. The molecule has 3 rings (SSSR count). The van der Waals surface area contributed by atoms with E-state index in [4.69, 9.17) is 0 Å². The largest absolute Gasteiger partial charge is 0.244 e. The number of nitrogens with zero attached hydrogens (tertiary/aromatic N) is 1. The Bertz CT molecular complexity index is 936. The Morgan fingerprint density at radius 2 is 1.48 bits per heavy atom. The molecule has 1 aliphatic heterocycles. The van der Waals surface area contributed by atoms with Crippen LogP contribution in [0.25, 0.3) is 0 Å². The maximum Gasteiger partial charge on any atom is 0.244 e. The SMILES string of the molecule is Cc1ccc(S(=O)(=O)N2CCCCC2S(=O)(=O)c2ccccc2)cc1. The van der Waals surface area contributed by atoms with E-state index >= 15 is 0 Å². The van der Waals surface area contributed by atoms with Crippen molar-refractivity contribution in [3.8, 4) is 0 Å². The maximum absolute atomic E-state index is 13.0. The van der Waals surface area contributed by atoms with Crippen LogP contribution >= 0.6 is 0 Å². The molecule has 1 fully saturated rings. The molecule has 7 heteroatoms. The Morgan fingerprint density at radius 3 is 2.12 bits per heavy atom. The van der Waals surface area contributed by atoms with Crippen LogP contribution in [0.1, 0.15) is 24.8 Å². The highest BCUT2D eigenvalue weighted by molar-refractivity contribution is 7.94. The van der Waals surface area contributed by atoms with Crippen LogP contribution in [0.5, 0.6) is 0 Å². The van der Waals surface area contributed by atoms with E-state index in [1.54, 1.807) is 30.3 Å². The van der Waals surface area contributed by atoms with E-state index in [0.29, 0.717) is 19.3 Å². The summed E-state index contributed by atoms with van der Waals surface area (Å²) in [5.41, 5.74) is 0.950. The Labute approximate surface area is 149 Å². The summed E-state index contributed by atoms with van der Waals surface area (Å²) in [4.78, 5) is 0.291. The van der Waals surface area contributed by atoms with Crippen molar-refractivity contribution in [1.82, 2.24) is 4.31 Å². The lowest BCUT2D eigenvalue weighted by Crippen LogP contribution is -2.47. The molecule has 1 atom stereocenters. The Morgan fingerprint density at radius 1 is 0.840 bits per heavy atom. The lowest BCUT2D eigenvalue weighted by molar-refractivity contribution is 0.309. The average Bonchev–Trinajstić information content (AvgIpc) is 2.63. The van der Waals surface area contributed by atoms with Crippen molar-refractivity contribution in [3.05, 3.63) is 60.2 Å². The summed E-state index contributed by atoms with van der Waals surface area (Å²) < 4.78 is 53.3. The molecule has 1 heterocycles. The third kappa shape index (κ3) is 3.49. The molecule has 2 aromatic carbocycles. The van der Waals surface area contributed by atoms with Gasteiger partial charge in [0.2, 0.25) is 10.0 Å². The van der Waals surface area contributed by atoms with Gasteiger partial charge in [-0.1, -0.05) is 35.9 Å². The first-order valence-corrected chi connectivity index (χ1v) is 11.2. The maximum atomic E-state index is 13.0. The second-order valence-electron chi connectivity index (χ2n) is 6.24. The van der Waals surface area contributed by atoms with Gasteiger partial charge in [0.15, 0.2) is 9.84 Å². The molecule has 1 saturated heterocycles. The molecule has 25 heavy (non-hydrogen) atoms. The number of sulfone groups is 1. The van der Waals surface area contributed by atoms with E-state index in [0.717, 1.165) is 9.87 Å². The minimum absolute atomic E-state index is 0.133. The standard InChI is InChI=1S/C18H21NO4S2/c1-15-10-12-17(13-11-15)25(22,23)19-14-6-5-9-18(19)24(20,21)16-7-3-2-4-8-16/h2-4,7-8,10-13,18H,5-6,9,14H2,1H3. The molecule has 134 valence electrons. The zero-order valence-corrected chi connectivity index (χ0v) is 15.6. The molecule has 0 N–H and O–H groups in total. The van der Waals surface area contributed by atoms with Crippen LogP contribution in [-0.4, -0.2) is 33.1 Å². The highest BCUT2D eigenvalue weighted by atomic mass is 32.2. The number of piperidine rings is 1. The van der Waals surface area contributed by atoms with Gasteiger partial charge < -0.3 is 0 Å². The van der Waals surface area contributed by atoms with Crippen LogP contribution in [-0.2, 0) is 19.9 Å². The molecule has 0 radical (unpaired) electrons. The van der Waals surface area contributed by atoms with Crippen molar-refractivity contribution in [2.24, 2.45) is 0 Å². The normalized spacial score (nSPS) is 19.6. The molecule has 2 aromatic rings. The molecule has 1 aliphatic rings. The van der Waals surface area contributed by atoms with Gasteiger partial charge in [-0.25, -0.2) is 16.8 Å². The second kappa shape index (κ2) is 6.90. The van der Waals surface area contributed by atoms with Crippen molar-refractivity contribution in [1.29, 1.82) is 0 Å². The smallest absolute Gasteiger partial charge is 0.222 e. The Balaban J connectivity index is 2.03. The van der Waals surface area contributed by atoms with E-state index in [-0.39, 0.29) is 16.3 Å². The molecular formula is C18H21NO4S2. The van der Waals surface area contributed by atoms with Gasteiger partial charge in [0.25, 0.3) is 0 Å². The molecule has 1 unspecified atom stereocenters. The highest BCUT2D eigenvalue weighted by Crippen LogP contribution is 2.31. The fourth-order valence-electron chi connectivity index (χ4n) is 3.07. The van der Waals surface area contributed by atoms with Gasteiger partial charge >= 0.3 is 0 Å². The van der Waals surface area contributed by atoms with Gasteiger partial charge in [-0.2, -0.15) is 4.31 Å². The summed E-state index contributed by atoms with van der Waals surface area (Å²) in [5.74, 6) is 0. The minimum atomic E-state index is -3.86. The molecular weight excluding hydrogens is 358 g/mol. The van der Waals surface area contributed by atoms with Crippen molar-refractivity contribution in [2.75, 3.05) is 6.54 Å². The van der Waals surface area contributed by atoms with Crippen LogP contribution in [0.15, 0.2) is 64.4 Å². The van der Waals surface area contributed by atoms with Crippen LogP contribution in [0.2, 0.25) is 0 Å². The lowest BCUT2D eigenvalue weighted by atomic mass is 10.2. The van der Waals surface area contributed by atoms with E-state index in [1.807, 2.05) is 6.92 Å². The second-order valence-corrected chi connectivity index (χ2v) is 10.2. The molecule has 0 aliphatic carbocycles. The van der Waals surface area contributed by atoms with E-state index in [2.05, 4.69) is 0 Å². The number of rotatable bonds is 4. The molecule has 0 aromatic heterocycles. The van der Waals surface area contributed by atoms with Crippen LogP contribution < -0.4 is 0 Å². The van der Waals surface area contributed by atoms with Gasteiger partial charge in [0.05, 0.1) is 9.79 Å². The number of sulfonamides is 1. The van der Waals surface area contributed by atoms with Gasteiger partial charge in [-0.3, -0.25) is 0 Å². The number of hydrogen-bond donors (Lipinski definition) is 0. The molecule has 0 amide bonds. The molecule has 0 spiro atoms. The summed E-state index contributed by atoms with van der Waals surface area (Å²) in [5, 5.41) is -1.06. The number of hydrogen-bond acceptors (Lipinski definition) is 4. The summed E-state index contributed by atoms with van der Waals surface area (Å²) in [6, 6.07) is 14.6. The predicted molar refractivity (Wildman–Crippen MR) is 96.3 cm³/mol. The van der Waals surface area contributed by atoms with Crippen LogP contribution in [0, 0.1) is 6.92 Å². The van der Waals surface area contributed by atoms with Gasteiger partial charge in [-0.05, 0) is 50.5 Å². The lowest BCUT2D eigenvalue weighted by Gasteiger charge is -2.34. The monoisotopic (exact) mass is 379 g/mol. The predicted octanol–water partition coefficient (Wildman–Crippen LogP) is 2.97. The number of benzene rings is 2. The summed E-state index contributed by atoms with van der Waals surface area (Å²) in [6.07, 6.45) is 1.66. The fraction of sp³-hybridized carbons (Fsp3) is 0.333. The number of aryl methyl sites for hydroxylation is 1. The summed E-state index contributed by atoms with van der Waals surface area (Å²) >= 11 is 0. The Hall–Kier alpha value is -1.70. The first kappa shape index (κ1) is 18.1. The zero-order valence-electron chi connectivity index (χ0n) is 14.0. The quantitative estimate of drug-likeness (QED) is 0.819. The third-order valence-corrected chi connectivity index (χ3v) is 8.65. The van der Waals surface area contributed by atoms with Crippen LogP contribution in [0.4, 0.5) is 0 Å².